The molecule has 0 aliphatic carbocycles. The molecule has 2 heterocycles. The Balaban J connectivity index is 0.000000717. The van der Waals surface area contributed by atoms with Gasteiger partial charge >= 0.3 is 58.7 Å². The molecule has 0 amide bonds. The van der Waals surface area contributed by atoms with Crippen molar-refractivity contribution in [2.75, 3.05) is 0 Å². The van der Waals surface area contributed by atoms with E-state index in [2.05, 4.69) is 4.98 Å². The van der Waals surface area contributed by atoms with Gasteiger partial charge in [-0.2, -0.15) is 4.39 Å². The van der Waals surface area contributed by atoms with E-state index >= 15 is 0 Å². The Kier molecular flexibility index (Phi) is 8.80. The SMILES string of the molecule is Cc1ccc(S(=O)(=O)n2c(F)[c-]c3c(F)c(F)c(F)nc32)cc1.OB(O)O.[K+]. The minimum atomic E-state index is -4.52. The maximum atomic E-state index is 14.0. The van der Waals surface area contributed by atoms with E-state index in [1.54, 1.807) is 13.0 Å². The van der Waals surface area contributed by atoms with Crippen LogP contribution in [0.3, 0.4) is 0 Å². The summed E-state index contributed by atoms with van der Waals surface area (Å²) < 4.78 is 79.0. The maximum Gasteiger partial charge on any atom is 1.00 e. The molecule has 14 heteroatoms. The molecule has 0 unspecified atom stereocenters. The van der Waals surface area contributed by atoms with Crippen LogP contribution in [0.5, 0.6) is 0 Å². The molecule has 0 bridgehead atoms. The van der Waals surface area contributed by atoms with Gasteiger partial charge in [-0.15, -0.1) is 11.5 Å². The summed E-state index contributed by atoms with van der Waals surface area (Å²) in [5.41, 5.74) is -0.162. The molecule has 2 aromatic heterocycles. The van der Waals surface area contributed by atoms with Gasteiger partial charge in [-0.25, -0.2) is 17.2 Å². The molecule has 0 saturated carbocycles. The van der Waals surface area contributed by atoms with Crippen molar-refractivity contribution in [3.63, 3.8) is 0 Å². The first kappa shape index (κ1) is 25.2. The standard InChI is InChI=1S/C14H7F4N2O2S.BH3O3.K/c1-7-2-4-8(5-3-7)23(21,22)20-10(15)6-9-11(16)12(17)13(18)19-14(9)20;2-1(3)4;/h2-5H,1H3;2-4H;/q-1;;+1. The quantitative estimate of drug-likeness (QED) is 0.181. The van der Waals surface area contributed by atoms with Crippen LogP contribution in [0, 0.1) is 36.5 Å². The minimum absolute atomic E-state index is 0. The van der Waals surface area contributed by atoms with E-state index in [-0.39, 0.29) is 60.3 Å². The van der Waals surface area contributed by atoms with Gasteiger partial charge in [0.2, 0.25) is 5.95 Å². The maximum absolute atomic E-state index is 14.0. The zero-order valence-corrected chi connectivity index (χ0v) is 18.3. The number of benzene rings is 1. The topological polar surface area (TPSA) is 113 Å². The molecule has 0 saturated heterocycles. The molecule has 3 N–H and O–H groups in total. The molecular weight excluding hydrogens is 434 g/mol. The van der Waals surface area contributed by atoms with Crippen LogP contribution in [-0.2, 0) is 10.0 Å². The Morgan fingerprint density at radius 3 is 2.04 bits per heavy atom. The zero-order chi connectivity index (χ0) is 20.5. The smallest absolute Gasteiger partial charge is 0.402 e. The van der Waals surface area contributed by atoms with Crippen LogP contribution in [-0.4, -0.2) is 39.8 Å². The van der Waals surface area contributed by atoms with E-state index < -0.39 is 51.9 Å². The van der Waals surface area contributed by atoms with E-state index in [1.807, 2.05) is 0 Å². The van der Waals surface area contributed by atoms with E-state index in [1.165, 1.54) is 24.3 Å². The van der Waals surface area contributed by atoms with Crippen molar-refractivity contribution >= 4 is 28.4 Å². The molecule has 7 nitrogen and oxygen atoms in total. The Bertz CT molecular complexity index is 1090. The summed E-state index contributed by atoms with van der Waals surface area (Å²) in [6.07, 6.45) is 0. The predicted octanol–water partition coefficient (Wildman–Crippen LogP) is -2.11. The monoisotopic (exact) mass is 444 g/mol. The molecule has 144 valence electrons. The van der Waals surface area contributed by atoms with Crippen molar-refractivity contribution < 1.29 is 92.4 Å². The summed E-state index contributed by atoms with van der Waals surface area (Å²) in [7, 11) is -6.69. The summed E-state index contributed by atoms with van der Waals surface area (Å²) in [6, 6.07) is 7.06. The predicted molar refractivity (Wildman–Crippen MR) is 84.6 cm³/mol. The van der Waals surface area contributed by atoms with Crippen molar-refractivity contribution in [2.45, 2.75) is 11.8 Å². The van der Waals surface area contributed by atoms with Crippen LogP contribution in [0.2, 0.25) is 0 Å². The number of fused-ring (bicyclic) bond motifs is 1. The van der Waals surface area contributed by atoms with Crippen LogP contribution in [0.15, 0.2) is 29.2 Å². The number of hydrogen-bond acceptors (Lipinski definition) is 6. The number of halogens is 4. The second kappa shape index (κ2) is 9.78. The Morgan fingerprint density at radius 2 is 1.54 bits per heavy atom. The molecule has 3 rings (SSSR count). The van der Waals surface area contributed by atoms with Crippen molar-refractivity contribution in [3.8, 4) is 0 Å². The zero-order valence-electron chi connectivity index (χ0n) is 14.4. The first-order valence-corrected chi connectivity index (χ1v) is 8.41. The second-order valence-corrected chi connectivity index (χ2v) is 6.86. The third-order valence-corrected chi connectivity index (χ3v) is 4.86. The van der Waals surface area contributed by atoms with E-state index in [9.17, 15) is 26.0 Å². The van der Waals surface area contributed by atoms with Crippen LogP contribution < -0.4 is 51.4 Å². The summed E-state index contributed by atoms with van der Waals surface area (Å²) in [5, 5.41) is 20.6. The van der Waals surface area contributed by atoms with Gasteiger partial charge < -0.3 is 15.1 Å². The minimum Gasteiger partial charge on any atom is -0.402 e. The number of rotatable bonds is 2. The summed E-state index contributed by atoms with van der Waals surface area (Å²) in [4.78, 5) is 2.68. The number of hydrogen-bond donors (Lipinski definition) is 3. The number of pyridine rings is 1. The second-order valence-electron chi connectivity index (χ2n) is 5.07. The molecule has 0 radical (unpaired) electrons. The third kappa shape index (κ3) is 5.20. The summed E-state index contributed by atoms with van der Waals surface area (Å²) >= 11 is 0. The molecule has 3 aromatic rings. The fourth-order valence-corrected chi connectivity index (χ4v) is 3.34. The molecule has 28 heavy (non-hydrogen) atoms. The Hall–Kier alpha value is -0.839. The molecule has 0 aliphatic heterocycles. The Morgan fingerprint density at radius 1 is 1.04 bits per heavy atom. The van der Waals surface area contributed by atoms with Gasteiger partial charge in [0.1, 0.15) is 5.95 Å². The van der Waals surface area contributed by atoms with Gasteiger partial charge in [0.05, 0.1) is 10.7 Å². The molecule has 0 fully saturated rings. The van der Waals surface area contributed by atoms with E-state index in [0.717, 1.165) is 5.56 Å². The average Bonchev–Trinajstić information content (AvgIpc) is 2.89. The third-order valence-electron chi connectivity index (χ3n) is 3.18. The molecule has 0 spiro atoms. The van der Waals surface area contributed by atoms with E-state index in [4.69, 9.17) is 15.1 Å². The van der Waals surface area contributed by atoms with Gasteiger partial charge in [-0.1, -0.05) is 17.7 Å². The van der Waals surface area contributed by atoms with Gasteiger partial charge in [0.15, 0.2) is 5.82 Å². The van der Waals surface area contributed by atoms with Gasteiger partial charge in [-0.3, -0.25) is 13.3 Å². The summed E-state index contributed by atoms with van der Waals surface area (Å²) in [6.45, 7) is 1.71. The fourth-order valence-electron chi connectivity index (χ4n) is 2.04. The van der Waals surface area contributed by atoms with Crippen LogP contribution in [0.25, 0.3) is 11.0 Å². The number of aryl methyl sites for hydroxylation is 1. The van der Waals surface area contributed by atoms with Crippen LogP contribution in [0.4, 0.5) is 17.6 Å². The van der Waals surface area contributed by atoms with Gasteiger partial charge in [0, 0.05) is 5.65 Å². The molecule has 0 atom stereocenters. The number of nitrogens with zero attached hydrogens (tertiary/aromatic N) is 2. The first-order valence-electron chi connectivity index (χ1n) is 6.97. The van der Waals surface area contributed by atoms with Crippen molar-refractivity contribution in [3.05, 3.63) is 59.4 Å². The van der Waals surface area contributed by atoms with Crippen molar-refractivity contribution in [1.29, 1.82) is 0 Å². The largest absolute Gasteiger partial charge is 1.00 e. The average molecular weight is 444 g/mol. The van der Waals surface area contributed by atoms with Gasteiger partial charge in [0.25, 0.3) is 10.0 Å². The van der Waals surface area contributed by atoms with Crippen molar-refractivity contribution in [2.24, 2.45) is 0 Å². The fraction of sp³-hybridized carbons (Fsp3) is 0.0714. The van der Waals surface area contributed by atoms with E-state index in [0.29, 0.717) is 0 Å². The van der Waals surface area contributed by atoms with Crippen LogP contribution in [0.1, 0.15) is 5.56 Å². The number of aromatic nitrogens is 2. The first-order chi connectivity index (χ1) is 12.5. The van der Waals surface area contributed by atoms with Gasteiger partial charge in [-0.05, 0) is 19.1 Å². The Labute approximate surface area is 199 Å². The normalized spacial score (nSPS) is 10.9. The molecular formula is C14H10BF4KN2O5S. The van der Waals surface area contributed by atoms with Crippen molar-refractivity contribution in [1.82, 2.24) is 8.96 Å². The molecule has 1 aromatic carbocycles. The molecule has 0 aliphatic rings. The van der Waals surface area contributed by atoms with Crippen LogP contribution >= 0.6 is 0 Å². The summed E-state index contributed by atoms with van der Waals surface area (Å²) in [5.74, 6) is -7.10.